The largest absolute Gasteiger partial charge is 0.458 e. The van der Waals surface area contributed by atoms with Gasteiger partial charge >= 0.3 is 0 Å². The Morgan fingerprint density at radius 1 is 0.491 bits per heavy atom. The third-order valence-electron chi connectivity index (χ3n) is 12.6. The van der Waals surface area contributed by atoms with E-state index in [0.717, 1.165) is 44.6 Å². The molecule has 4 heterocycles. The Bertz CT molecular complexity index is 2740. The van der Waals surface area contributed by atoms with E-state index in [1.54, 1.807) is 11.3 Å². The lowest BCUT2D eigenvalue weighted by Crippen LogP contribution is -2.57. The van der Waals surface area contributed by atoms with Gasteiger partial charge in [0.2, 0.25) is 0 Å². The van der Waals surface area contributed by atoms with Gasteiger partial charge in [-0.15, -0.1) is 11.3 Å². The zero-order valence-corrected chi connectivity index (χ0v) is 31.2. The van der Waals surface area contributed by atoms with Crippen molar-refractivity contribution >= 4 is 50.8 Å². The summed E-state index contributed by atoms with van der Waals surface area (Å²) in [7, 11) is 0. The van der Waals surface area contributed by atoms with Crippen molar-refractivity contribution < 1.29 is 9.47 Å². The molecule has 0 N–H and O–H groups in total. The standard InChI is InChI=1S/C50H34BNO2S/c1-49(2)33-15-3-5-17-35(33)50(36-18-6-4-16-34(36)49)37-19-7-11-23-41(37)52(42-24-12-8-20-38(42)50)48-32(27-28-55-48)31-29-45-47-46(30-31)54-44-26-14-10-22-40(44)51(47)39-21-9-13-25-43(39)53-45/h3-30H,1-2H3. The molecule has 3 aliphatic heterocycles. The molecule has 12 rings (SSSR count). The van der Waals surface area contributed by atoms with Crippen LogP contribution in [-0.4, -0.2) is 6.71 Å². The van der Waals surface area contributed by atoms with Crippen molar-refractivity contribution in [2.24, 2.45) is 0 Å². The van der Waals surface area contributed by atoms with E-state index < -0.39 is 5.41 Å². The van der Waals surface area contributed by atoms with Gasteiger partial charge in [0.25, 0.3) is 6.71 Å². The molecule has 3 nitrogen and oxygen atoms in total. The summed E-state index contributed by atoms with van der Waals surface area (Å²) in [6, 6.07) is 59.9. The van der Waals surface area contributed by atoms with Gasteiger partial charge in [-0.3, -0.25) is 0 Å². The monoisotopic (exact) mass is 723 g/mol. The van der Waals surface area contributed by atoms with Crippen LogP contribution in [0.15, 0.2) is 169 Å². The SMILES string of the molecule is CC1(C)c2ccccc2C2(c3ccccc3N(c3sccc3-c3cc4c5c(c3)Oc3ccccc3B5c3ccccc3O4)c3ccccc32)c2ccccc21. The van der Waals surface area contributed by atoms with Crippen molar-refractivity contribution in [3.8, 4) is 34.1 Å². The Morgan fingerprint density at radius 3 is 1.49 bits per heavy atom. The fourth-order valence-corrected chi connectivity index (χ4v) is 11.2. The molecule has 1 spiro atoms. The molecule has 0 saturated carbocycles. The first-order valence-corrected chi connectivity index (χ1v) is 19.9. The molecule has 0 saturated heterocycles. The lowest BCUT2D eigenvalue weighted by Gasteiger charge is -2.52. The first kappa shape index (κ1) is 31.1. The minimum atomic E-state index is -0.503. The summed E-state index contributed by atoms with van der Waals surface area (Å²) >= 11 is 1.77. The number of fused-ring (bicyclic) bond motifs is 12. The number of ether oxygens (including phenoxy) is 2. The van der Waals surface area contributed by atoms with Crippen LogP contribution in [0, 0.1) is 0 Å². The van der Waals surface area contributed by atoms with Crippen LogP contribution in [0.5, 0.6) is 23.0 Å². The predicted octanol–water partition coefficient (Wildman–Crippen LogP) is 10.9. The maximum Gasteiger partial charge on any atom is 0.260 e. The highest BCUT2D eigenvalue weighted by Gasteiger charge is 2.53. The van der Waals surface area contributed by atoms with Gasteiger partial charge < -0.3 is 14.4 Å². The highest BCUT2D eigenvalue weighted by atomic mass is 32.1. The summed E-state index contributed by atoms with van der Waals surface area (Å²) in [6.07, 6.45) is 0. The van der Waals surface area contributed by atoms with E-state index in [-0.39, 0.29) is 12.1 Å². The summed E-state index contributed by atoms with van der Waals surface area (Å²) in [5.41, 5.74) is 15.3. The van der Waals surface area contributed by atoms with Gasteiger partial charge in [0, 0.05) is 16.4 Å². The molecule has 0 bridgehead atoms. The first-order valence-electron chi connectivity index (χ1n) is 19.0. The molecule has 1 aromatic heterocycles. The maximum absolute atomic E-state index is 6.74. The molecule has 0 unspecified atom stereocenters. The third-order valence-corrected chi connectivity index (χ3v) is 13.5. The van der Waals surface area contributed by atoms with Crippen molar-refractivity contribution in [3.63, 3.8) is 0 Å². The van der Waals surface area contributed by atoms with Crippen LogP contribution in [0.4, 0.5) is 16.4 Å². The minimum Gasteiger partial charge on any atom is -0.458 e. The van der Waals surface area contributed by atoms with Crippen molar-refractivity contribution in [2.45, 2.75) is 24.7 Å². The molecule has 260 valence electrons. The molecule has 0 radical (unpaired) electrons. The second-order valence-electron chi connectivity index (χ2n) is 15.6. The van der Waals surface area contributed by atoms with Crippen LogP contribution >= 0.6 is 11.3 Å². The van der Waals surface area contributed by atoms with E-state index in [1.165, 1.54) is 55.7 Å². The van der Waals surface area contributed by atoms with Gasteiger partial charge in [-0.25, -0.2) is 0 Å². The molecule has 0 amide bonds. The van der Waals surface area contributed by atoms with Crippen molar-refractivity contribution in [3.05, 3.63) is 203 Å². The number of rotatable bonds is 2. The van der Waals surface area contributed by atoms with Crippen LogP contribution in [-0.2, 0) is 10.8 Å². The van der Waals surface area contributed by atoms with Gasteiger partial charge in [-0.05, 0) is 97.7 Å². The van der Waals surface area contributed by atoms with Crippen molar-refractivity contribution in [1.29, 1.82) is 0 Å². The second-order valence-corrected chi connectivity index (χ2v) is 16.5. The molecular formula is C50H34BNO2S. The molecule has 8 aromatic rings. The second kappa shape index (κ2) is 11.1. The van der Waals surface area contributed by atoms with Crippen LogP contribution in [0.25, 0.3) is 11.1 Å². The number of para-hydroxylation sites is 4. The Balaban J connectivity index is 1.09. The quantitative estimate of drug-likeness (QED) is 0.166. The zero-order chi connectivity index (χ0) is 36.5. The average Bonchev–Trinajstić information content (AvgIpc) is 3.72. The van der Waals surface area contributed by atoms with Crippen molar-refractivity contribution in [1.82, 2.24) is 0 Å². The van der Waals surface area contributed by atoms with E-state index in [2.05, 4.69) is 188 Å². The lowest BCUT2D eigenvalue weighted by molar-refractivity contribution is 0.465. The lowest BCUT2D eigenvalue weighted by atomic mass is 9.35. The van der Waals surface area contributed by atoms with Crippen LogP contribution in [0.3, 0.4) is 0 Å². The Morgan fingerprint density at radius 2 is 0.945 bits per heavy atom. The number of hydrogen-bond acceptors (Lipinski definition) is 4. The van der Waals surface area contributed by atoms with Gasteiger partial charge in [0.05, 0.1) is 16.8 Å². The summed E-state index contributed by atoms with van der Waals surface area (Å²) in [5, 5.41) is 3.37. The number of benzene rings is 7. The zero-order valence-electron chi connectivity index (χ0n) is 30.4. The Kier molecular flexibility index (Phi) is 6.29. The summed E-state index contributed by atoms with van der Waals surface area (Å²) < 4.78 is 13.5. The van der Waals surface area contributed by atoms with E-state index in [1.807, 2.05) is 0 Å². The molecular weight excluding hydrogens is 689 g/mol. The highest BCUT2D eigenvalue weighted by molar-refractivity contribution is 7.15. The topological polar surface area (TPSA) is 21.7 Å². The van der Waals surface area contributed by atoms with E-state index >= 15 is 0 Å². The van der Waals surface area contributed by atoms with Gasteiger partial charge in [-0.2, -0.15) is 0 Å². The van der Waals surface area contributed by atoms with Gasteiger partial charge in [0.1, 0.15) is 28.0 Å². The molecule has 5 heteroatoms. The molecule has 7 aromatic carbocycles. The Labute approximate surface area is 325 Å². The highest BCUT2D eigenvalue weighted by Crippen LogP contribution is 2.63. The predicted molar refractivity (Wildman–Crippen MR) is 226 cm³/mol. The Hall–Kier alpha value is -6.30. The summed E-state index contributed by atoms with van der Waals surface area (Å²) in [5.74, 6) is 3.48. The summed E-state index contributed by atoms with van der Waals surface area (Å²) in [4.78, 5) is 2.50. The third kappa shape index (κ3) is 4.01. The molecule has 4 aliphatic rings. The smallest absolute Gasteiger partial charge is 0.260 e. The summed E-state index contributed by atoms with van der Waals surface area (Å²) in [6.45, 7) is 4.79. The minimum absolute atomic E-state index is 0.0409. The first-order chi connectivity index (χ1) is 27.0. The van der Waals surface area contributed by atoms with Gasteiger partial charge in [-0.1, -0.05) is 135 Å². The van der Waals surface area contributed by atoms with Crippen molar-refractivity contribution in [2.75, 3.05) is 4.90 Å². The number of nitrogens with zero attached hydrogens (tertiary/aromatic N) is 1. The number of anilines is 3. The number of hydrogen-bond donors (Lipinski definition) is 0. The average molecular weight is 724 g/mol. The molecule has 1 aliphatic carbocycles. The van der Waals surface area contributed by atoms with E-state index in [9.17, 15) is 0 Å². The molecule has 0 fully saturated rings. The van der Waals surface area contributed by atoms with Crippen LogP contribution in [0.1, 0.15) is 47.2 Å². The number of thiophene rings is 1. The van der Waals surface area contributed by atoms with E-state index in [4.69, 9.17) is 9.47 Å². The van der Waals surface area contributed by atoms with E-state index in [0.29, 0.717) is 0 Å². The molecule has 0 atom stereocenters. The molecule has 55 heavy (non-hydrogen) atoms. The fraction of sp³-hybridized carbons (Fsp3) is 0.0800. The normalized spacial score (nSPS) is 15.6. The van der Waals surface area contributed by atoms with Gasteiger partial charge in [0.15, 0.2) is 0 Å². The maximum atomic E-state index is 6.74. The fourth-order valence-electron chi connectivity index (χ4n) is 10.3. The van der Waals surface area contributed by atoms with Crippen LogP contribution < -0.4 is 30.8 Å². The van der Waals surface area contributed by atoms with Crippen LogP contribution in [0.2, 0.25) is 0 Å².